The molecule has 7 nitrogen and oxygen atoms in total. The van der Waals surface area contributed by atoms with E-state index in [1.165, 1.54) is 0 Å². The third kappa shape index (κ3) is 8.47. The zero-order chi connectivity index (χ0) is 17.8. The van der Waals surface area contributed by atoms with E-state index in [0.29, 0.717) is 6.42 Å². The summed E-state index contributed by atoms with van der Waals surface area (Å²) in [6.07, 6.45) is 2.17. The molecule has 0 fully saturated rings. The van der Waals surface area contributed by atoms with Gasteiger partial charge < -0.3 is 14.2 Å². The predicted molar refractivity (Wildman–Crippen MR) is 82.6 cm³/mol. The van der Waals surface area contributed by atoms with Crippen molar-refractivity contribution >= 4 is 23.9 Å². The number of carbonyl (C=O) groups excluding carboxylic acids is 4. The molecule has 0 aliphatic carbocycles. The van der Waals surface area contributed by atoms with Gasteiger partial charge in [0, 0.05) is 12.2 Å². The van der Waals surface area contributed by atoms with E-state index in [4.69, 9.17) is 0 Å². The fourth-order valence-electron chi connectivity index (χ4n) is 1.60. The van der Waals surface area contributed by atoms with E-state index in [1.54, 1.807) is 6.92 Å². The first kappa shape index (κ1) is 19.1. The molecule has 0 unspecified atom stereocenters. The largest absolute Gasteiger partial charge is 0.463 e. The lowest BCUT2D eigenvalue weighted by atomic mass is 10.1. The maximum absolute atomic E-state index is 11.5. The molecule has 1 rings (SSSR count). The van der Waals surface area contributed by atoms with Crippen LogP contribution in [0.25, 0.3) is 0 Å². The van der Waals surface area contributed by atoms with Crippen molar-refractivity contribution in [3.05, 3.63) is 48.0 Å². The van der Waals surface area contributed by atoms with E-state index in [0.717, 1.165) is 17.7 Å². The molecule has 0 bridgehead atoms. The second-order valence-electron chi connectivity index (χ2n) is 4.52. The van der Waals surface area contributed by atoms with E-state index in [1.807, 2.05) is 30.3 Å². The summed E-state index contributed by atoms with van der Waals surface area (Å²) in [6, 6.07) is 9.25. The van der Waals surface area contributed by atoms with E-state index in [-0.39, 0.29) is 13.0 Å². The summed E-state index contributed by atoms with van der Waals surface area (Å²) in [6.45, 7) is 1.08. The molecule has 128 valence electrons. The van der Waals surface area contributed by atoms with Crippen LogP contribution in [0.5, 0.6) is 0 Å². The molecule has 0 heterocycles. The Kier molecular flexibility index (Phi) is 8.52. The van der Waals surface area contributed by atoms with Crippen LogP contribution >= 0.6 is 0 Å². The lowest BCUT2D eigenvalue weighted by Crippen LogP contribution is -2.19. The van der Waals surface area contributed by atoms with Crippen molar-refractivity contribution in [3.63, 3.8) is 0 Å². The minimum atomic E-state index is -0.981. The highest BCUT2D eigenvalue weighted by Crippen LogP contribution is 2.03. The first-order chi connectivity index (χ1) is 11.5. The molecule has 0 aliphatic rings. The Morgan fingerprint density at radius 1 is 0.917 bits per heavy atom. The van der Waals surface area contributed by atoms with E-state index >= 15 is 0 Å². The van der Waals surface area contributed by atoms with Crippen molar-refractivity contribution < 1.29 is 33.4 Å². The number of rotatable bonds is 8. The zero-order valence-electron chi connectivity index (χ0n) is 13.2. The Balaban J connectivity index is 2.24. The molecule has 0 radical (unpaired) electrons. The van der Waals surface area contributed by atoms with Gasteiger partial charge in [-0.2, -0.15) is 0 Å². The smallest absolute Gasteiger partial charge is 0.351 e. The Labute approximate surface area is 139 Å². The van der Waals surface area contributed by atoms with Crippen LogP contribution in [0.1, 0.15) is 18.9 Å². The third-order valence-electron chi connectivity index (χ3n) is 2.66. The van der Waals surface area contributed by atoms with Crippen LogP contribution in [0, 0.1) is 0 Å². The number of carbonyl (C=O) groups is 4. The molecule has 0 atom stereocenters. The monoisotopic (exact) mass is 334 g/mol. The van der Waals surface area contributed by atoms with Gasteiger partial charge in [0.2, 0.25) is 0 Å². The van der Waals surface area contributed by atoms with Crippen LogP contribution in [-0.4, -0.2) is 37.1 Å². The molecular formula is C17H18O7. The topological polar surface area (TPSA) is 96.0 Å². The zero-order valence-corrected chi connectivity index (χ0v) is 13.2. The molecule has 0 N–H and O–H groups in total. The number of aryl methyl sites for hydroxylation is 1. The number of ether oxygens (including phenoxy) is 3. The van der Waals surface area contributed by atoms with Crippen LogP contribution in [0.3, 0.4) is 0 Å². The maximum Gasteiger partial charge on any atom is 0.351 e. The minimum absolute atomic E-state index is 0.0342. The number of benzene rings is 1. The van der Waals surface area contributed by atoms with Crippen molar-refractivity contribution in [1.82, 2.24) is 0 Å². The summed E-state index contributed by atoms with van der Waals surface area (Å²) in [4.78, 5) is 45.1. The van der Waals surface area contributed by atoms with Crippen molar-refractivity contribution in [2.24, 2.45) is 0 Å². The van der Waals surface area contributed by atoms with E-state index < -0.39 is 30.5 Å². The summed E-state index contributed by atoms with van der Waals surface area (Å²) < 4.78 is 13.6. The fourth-order valence-corrected chi connectivity index (χ4v) is 1.60. The van der Waals surface area contributed by atoms with Crippen molar-refractivity contribution in [2.75, 3.05) is 13.2 Å². The molecule has 0 aromatic heterocycles. The van der Waals surface area contributed by atoms with Crippen molar-refractivity contribution in [3.8, 4) is 0 Å². The number of esters is 4. The first-order valence-corrected chi connectivity index (χ1v) is 7.30. The minimum Gasteiger partial charge on any atom is -0.463 e. The van der Waals surface area contributed by atoms with Gasteiger partial charge in [-0.1, -0.05) is 30.3 Å². The van der Waals surface area contributed by atoms with Crippen molar-refractivity contribution in [1.29, 1.82) is 0 Å². The van der Waals surface area contributed by atoms with Crippen LogP contribution < -0.4 is 0 Å². The Morgan fingerprint density at radius 2 is 1.54 bits per heavy atom. The SMILES string of the molecule is CCOC(=O)/C=C/C(=O)OCC(=O)OC(=O)CCc1ccccc1. The Bertz CT molecular complexity index is 605. The fraction of sp³-hybridized carbons (Fsp3) is 0.294. The molecule has 0 aliphatic heterocycles. The van der Waals surface area contributed by atoms with Gasteiger partial charge in [0.05, 0.1) is 13.0 Å². The van der Waals surface area contributed by atoms with Gasteiger partial charge in [0.25, 0.3) is 0 Å². The third-order valence-corrected chi connectivity index (χ3v) is 2.66. The summed E-state index contributed by atoms with van der Waals surface area (Å²) in [5.41, 5.74) is 0.942. The Hall–Kier alpha value is -2.96. The molecule has 1 aromatic carbocycles. The highest BCUT2D eigenvalue weighted by molar-refractivity contribution is 5.93. The molecule has 24 heavy (non-hydrogen) atoms. The van der Waals surface area contributed by atoms with Crippen LogP contribution in [0.4, 0.5) is 0 Å². The van der Waals surface area contributed by atoms with Gasteiger partial charge >= 0.3 is 23.9 Å². The molecular weight excluding hydrogens is 316 g/mol. The average molecular weight is 334 g/mol. The highest BCUT2D eigenvalue weighted by Gasteiger charge is 2.12. The van der Waals surface area contributed by atoms with Crippen LogP contribution in [0.15, 0.2) is 42.5 Å². The molecule has 0 spiro atoms. The molecule has 0 saturated carbocycles. The van der Waals surface area contributed by atoms with E-state index in [2.05, 4.69) is 14.2 Å². The number of hydrogen-bond donors (Lipinski definition) is 0. The van der Waals surface area contributed by atoms with Gasteiger partial charge in [-0.3, -0.25) is 4.79 Å². The van der Waals surface area contributed by atoms with Crippen molar-refractivity contribution in [2.45, 2.75) is 19.8 Å². The molecule has 0 saturated heterocycles. The molecule has 0 amide bonds. The second kappa shape index (κ2) is 10.7. The summed E-state index contributed by atoms with van der Waals surface area (Å²) in [7, 11) is 0. The molecule has 7 heteroatoms. The summed E-state index contributed by atoms with van der Waals surface area (Å²) in [5.74, 6) is -3.31. The quantitative estimate of drug-likeness (QED) is 0.306. The van der Waals surface area contributed by atoms with Crippen LogP contribution in [0.2, 0.25) is 0 Å². The number of hydrogen-bond acceptors (Lipinski definition) is 7. The normalized spacial score (nSPS) is 10.2. The van der Waals surface area contributed by atoms with Gasteiger partial charge in [0.1, 0.15) is 0 Å². The second-order valence-corrected chi connectivity index (χ2v) is 4.52. The highest BCUT2D eigenvalue weighted by atomic mass is 16.6. The predicted octanol–water partition coefficient (Wildman–Crippen LogP) is 1.35. The van der Waals surface area contributed by atoms with Gasteiger partial charge in [-0.25, -0.2) is 14.4 Å². The molecule has 1 aromatic rings. The van der Waals surface area contributed by atoms with Gasteiger partial charge in [0.15, 0.2) is 6.61 Å². The Morgan fingerprint density at radius 3 is 2.17 bits per heavy atom. The standard InChI is InChI=1S/C17H18O7/c1-2-22-14(18)10-11-15(19)23-12-17(21)24-16(20)9-8-13-6-4-3-5-7-13/h3-7,10-11H,2,8-9,12H2,1H3/b11-10+. The lowest BCUT2D eigenvalue weighted by Gasteiger charge is -2.04. The van der Waals surface area contributed by atoms with Gasteiger partial charge in [-0.15, -0.1) is 0 Å². The average Bonchev–Trinajstić information content (AvgIpc) is 2.57. The summed E-state index contributed by atoms with van der Waals surface area (Å²) >= 11 is 0. The first-order valence-electron chi connectivity index (χ1n) is 7.30. The van der Waals surface area contributed by atoms with Gasteiger partial charge in [-0.05, 0) is 18.9 Å². The van der Waals surface area contributed by atoms with E-state index in [9.17, 15) is 19.2 Å². The lowest BCUT2D eigenvalue weighted by molar-refractivity contribution is -0.165. The summed E-state index contributed by atoms with van der Waals surface area (Å²) in [5, 5.41) is 0. The maximum atomic E-state index is 11.5. The van der Waals surface area contributed by atoms with Crippen LogP contribution in [-0.2, 0) is 39.8 Å².